The Morgan fingerprint density at radius 1 is 1.25 bits per heavy atom. The summed E-state index contributed by atoms with van der Waals surface area (Å²) in [6.07, 6.45) is -1.06. The van der Waals surface area contributed by atoms with Gasteiger partial charge < -0.3 is 14.8 Å². The minimum absolute atomic E-state index is 0.114. The fraction of sp³-hybridized carbons (Fsp3) is 0.471. The van der Waals surface area contributed by atoms with E-state index in [9.17, 15) is 14.4 Å². The number of hydrogen-bond donors (Lipinski definition) is 1. The van der Waals surface area contributed by atoms with Gasteiger partial charge in [-0.25, -0.2) is 14.5 Å². The Labute approximate surface area is 140 Å². The fourth-order valence-corrected chi connectivity index (χ4v) is 2.22. The van der Waals surface area contributed by atoms with E-state index in [2.05, 4.69) is 5.32 Å². The predicted octanol–water partition coefficient (Wildman–Crippen LogP) is 2.45. The van der Waals surface area contributed by atoms with Crippen LogP contribution in [0.15, 0.2) is 30.3 Å². The van der Waals surface area contributed by atoms with E-state index in [1.54, 1.807) is 20.8 Å². The van der Waals surface area contributed by atoms with Crippen molar-refractivity contribution in [1.82, 2.24) is 10.2 Å². The number of nitrogens with zero attached hydrogens (tertiary/aromatic N) is 1. The molecule has 0 spiro atoms. The van der Waals surface area contributed by atoms with Crippen molar-refractivity contribution in [3.05, 3.63) is 35.9 Å². The van der Waals surface area contributed by atoms with Gasteiger partial charge in [-0.05, 0) is 32.8 Å². The highest BCUT2D eigenvalue weighted by Crippen LogP contribution is 2.16. The minimum atomic E-state index is -0.777. The third kappa shape index (κ3) is 4.97. The van der Waals surface area contributed by atoms with E-state index in [4.69, 9.17) is 9.47 Å². The van der Waals surface area contributed by atoms with E-state index in [0.717, 1.165) is 10.5 Å². The van der Waals surface area contributed by atoms with Crippen LogP contribution in [0.1, 0.15) is 32.8 Å². The molecule has 1 atom stereocenters. The Bertz CT molecular complexity index is 609. The van der Waals surface area contributed by atoms with Gasteiger partial charge >= 0.3 is 12.2 Å². The number of likely N-dealkylation sites (tertiary alicyclic amines) is 1. The van der Waals surface area contributed by atoms with E-state index < -0.39 is 29.7 Å². The zero-order valence-corrected chi connectivity index (χ0v) is 14.1. The van der Waals surface area contributed by atoms with Crippen LogP contribution in [-0.2, 0) is 20.9 Å². The van der Waals surface area contributed by atoms with Crippen LogP contribution < -0.4 is 5.32 Å². The number of ether oxygens (including phenoxy) is 2. The molecule has 0 unspecified atom stereocenters. The maximum atomic E-state index is 12.2. The number of nitrogens with one attached hydrogen (secondary N) is 1. The Morgan fingerprint density at radius 3 is 2.54 bits per heavy atom. The standard InChI is InChI=1S/C17H22N2O5/c1-17(2,3)24-16(22)19-10-9-13(14(19)20)18-15(21)23-11-12-7-5-4-6-8-12/h4-8,13H,9-11H2,1-3H3,(H,18,21)/t13-/m0/s1. The molecule has 1 heterocycles. The van der Waals surface area contributed by atoms with Crippen molar-refractivity contribution in [1.29, 1.82) is 0 Å². The second kappa shape index (κ2) is 7.33. The van der Waals surface area contributed by atoms with Crippen LogP contribution in [0.4, 0.5) is 9.59 Å². The van der Waals surface area contributed by atoms with Crippen LogP contribution in [0.25, 0.3) is 0 Å². The second-order valence-corrected chi connectivity index (χ2v) is 6.52. The first-order valence-electron chi connectivity index (χ1n) is 7.78. The summed E-state index contributed by atoms with van der Waals surface area (Å²) < 4.78 is 10.3. The number of imide groups is 1. The van der Waals surface area contributed by atoms with Gasteiger partial charge in [0.2, 0.25) is 0 Å². The first-order chi connectivity index (χ1) is 11.3. The van der Waals surface area contributed by atoms with Gasteiger partial charge in [0.1, 0.15) is 18.2 Å². The van der Waals surface area contributed by atoms with Crippen LogP contribution in [0.5, 0.6) is 0 Å². The van der Waals surface area contributed by atoms with Gasteiger partial charge in [-0.3, -0.25) is 4.79 Å². The molecule has 0 saturated carbocycles. The lowest BCUT2D eigenvalue weighted by atomic mass is 10.2. The topological polar surface area (TPSA) is 84.9 Å². The van der Waals surface area contributed by atoms with Gasteiger partial charge in [-0.1, -0.05) is 30.3 Å². The average molecular weight is 334 g/mol. The molecule has 24 heavy (non-hydrogen) atoms. The molecule has 1 fully saturated rings. The van der Waals surface area contributed by atoms with E-state index in [0.29, 0.717) is 6.42 Å². The van der Waals surface area contributed by atoms with Crippen molar-refractivity contribution in [3.8, 4) is 0 Å². The zero-order valence-electron chi connectivity index (χ0n) is 14.1. The van der Waals surface area contributed by atoms with Crippen molar-refractivity contribution in [2.75, 3.05) is 6.54 Å². The summed E-state index contributed by atoms with van der Waals surface area (Å²) in [5.41, 5.74) is 0.165. The monoisotopic (exact) mass is 334 g/mol. The number of carbonyl (C=O) groups excluding carboxylic acids is 3. The summed E-state index contributed by atoms with van der Waals surface area (Å²) in [6.45, 7) is 5.49. The molecule has 0 aromatic heterocycles. The van der Waals surface area contributed by atoms with E-state index in [1.165, 1.54) is 0 Å². The number of alkyl carbamates (subject to hydrolysis) is 1. The van der Waals surface area contributed by atoms with Crippen molar-refractivity contribution in [3.63, 3.8) is 0 Å². The SMILES string of the molecule is CC(C)(C)OC(=O)N1CC[C@H](NC(=O)OCc2ccccc2)C1=O. The van der Waals surface area contributed by atoms with Crippen molar-refractivity contribution in [2.24, 2.45) is 0 Å². The highest BCUT2D eigenvalue weighted by molar-refractivity contribution is 5.98. The molecule has 0 aliphatic carbocycles. The zero-order chi connectivity index (χ0) is 17.7. The van der Waals surface area contributed by atoms with Crippen molar-refractivity contribution < 1.29 is 23.9 Å². The molecule has 1 aromatic rings. The minimum Gasteiger partial charge on any atom is -0.445 e. The molecule has 2 rings (SSSR count). The number of amides is 3. The van der Waals surface area contributed by atoms with Gasteiger partial charge in [-0.2, -0.15) is 0 Å². The number of hydrogen-bond acceptors (Lipinski definition) is 5. The van der Waals surface area contributed by atoms with Gasteiger partial charge in [-0.15, -0.1) is 0 Å². The van der Waals surface area contributed by atoms with Gasteiger partial charge in [0.05, 0.1) is 0 Å². The fourth-order valence-electron chi connectivity index (χ4n) is 2.22. The van der Waals surface area contributed by atoms with Crippen LogP contribution >= 0.6 is 0 Å². The lowest BCUT2D eigenvalue weighted by molar-refractivity contribution is -0.128. The quantitative estimate of drug-likeness (QED) is 0.918. The molecule has 7 nitrogen and oxygen atoms in total. The first kappa shape index (κ1) is 17.8. The molecular weight excluding hydrogens is 312 g/mol. The molecule has 7 heteroatoms. The molecule has 1 aliphatic rings. The number of carbonyl (C=O) groups is 3. The number of benzene rings is 1. The molecule has 1 saturated heterocycles. The smallest absolute Gasteiger partial charge is 0.417 e. The summed E-state index contributed by atoms with van der Waals surface area (Å²) >= 11 is 0. The molecule has 3 amide bonds. The summed E-state index contributed by atoms with van der Waals surface area (Å²) in [6, 6.07) is 8.44. The highest BCUT2D eigenvalue weighted by Gasteiger charge is 2.38. The van der Waals surface area contributed by atoms with Crippen LogP contribution in [0.2, 0.25) is 0 Å². The molecule has 0 bridgehead atoms. The van der Waals surface area contributed by atoms with E-state index in [1.807, 2.05) is 30.3 Å². The second-order valence-electron chi connectivity index (χ2n) is 6.52. The molecule has 1 aromatic carbocycles. The maximum absolute atomic E-state index is 12.2. The van der Waals surface area contributed by atoms with E-state index >= 15 is 0 Å². The lowest BCUT2D eigenvalue weighted by Crippen LogP contribution is -2.44. The van der Waals surface area contributed by atoms with Gasteiger partial charge in [0.25, 0.3) is 5.91 Å². The van der Waals surface area contributed by atoms with E-state index in [-0.39, 0.29) is 13.2 Å². The third-order valence-electron chi connectivity index (χ3n) is 3.32. The Morgan fingerprint density at radius 2 is 1.92 bits per heavy atom. The Hall–Kier alpha value is -2.57. The first-order valence-corrected chi connectivity index (χ1v) is 7.78. The lowest BCUT2D eigenvalue weighted by Gasteiger charge is -2.23. The van der Waals surface area contributed by atoms with Crippen LogP contribution in [-0.4, -0.2) is 41.2 Å². The molecule has 130 valence electrons. The van der Waals surface area contributed by atoms with Crippen LogP contribution in [0.3, 0.4) is 0 Å². The molecular formula is C17H22N2O5. The summed E-state index contributed by atoms with van der Waals surface area (Å²) in [5, 5.41) is 2.49. The number of rotatable bonds is 3. The van der Waals surface area contributed by atoms with Crippen molar-refractivity contribution >= 4 is 18.1 Å². The molecule has 1 aliphatic heterocycles. The third-order valence-corrected chi connectivity index (χ3v) is 3.32. The maximum Gasteiger partial charge on any atom is 0.417 e. The highest BCUT2D eigenvalue weighted by atomic mass is 16.6. The Balaban J connectivity index is 1.82. The summed E-state index contributed by atoms with van der Waals surface area (Å²) in [4.78, 5) is 37.0. The molecule has 1 N–H and O–H groups in total. The summed E-state index contributed by atoms with van der Waals surface area (Å²) in [7, 11) is 0. The van der Waals surface area contributed by atoms with Gasteiger partial charge in [0, 0.05) is 6.54 Å². The van der Waals surface area contributed by atoms with Gasteiger partial charge in [0.15, 0.2) is 0 Å². The average Bonchev–Trinajstić information content (AvgIpc) is 2.86. The summed E-state index contributed by atoms with van der Waals surface area (Å²) in [5.74, 6) is -0.485. The van der Waals surface area contributed by atoms with Crippen LogP contribution in [0, 0.1) is 0 Å². The predicted molar refractivity (Wildman–Crippen MR) is 86.1 cm³/mol. The van der Waals surface area contributed by atoms with Crippen molar-refractivity contribution in [2.45, 2.75) is 45.4 Å². The Kier molecular flexibility index (Phi) is 5.43. The largest absolute Gasteiger partial charge is 0.445 e. The normalized spacial score (nSPS) is 17.5. The molecule has 0 radical (unpaired) electrons.